The highest BCUT2D eigenvalue weighted by Gasteiger charge is 2.02. The van der Waals surface area contributed by atoms with Crippen molar-refractivity contribution < 1.29 is 0 Å². The number of nitrogen functional groups attached to an aromatic ring is 1. The Bertz CT molecular complexity index is 296. The van der Waals surface area contributed by atoms with E-state index in [4.69, 9.17) is 17.3 Å². The topological polar surface area (TPSA) is 51.8 Å². The number of aromatic nitrogens is 2. The summed E-state index contributed by atoms with van der Waals surface area (Å²) in [4.78, 5) is 0. The second-order valence-electron chi connectivity index (χ2n) is 2.25. The van der Waals surface area contributed by atoms with Crippen LogP contribution in [0.5, 0.6) is 0 Å². The predicted octanol–water partition coefficient (Wildman–Crippen LogP) is 1.75. The van der Waals surface area contributed by atoms with Crippen LogP contribution in [0.15, 0.2) is 12.6 Å². The summed E-state index contributed by atoms with van der Waals surface area (Å²) in [5.41, 5.74) is 7.08. The third-order valence-corrected chi connectivity index (χ3v) is 1.44. The Morgan fingerprint density at radius 2 is 2.27 bits per heavy atom. The molecule has 1 heterocycles. The van der Waals surface area contributed by atoms with E-state index in [1.807, 2.05) is 6.92 Å². The van der Waals surface area contributed by atoms with E-state index in [2.05, 4.69) is 16.8 Å². The molecule has 0 unspecified atom stereocenters. The van der Waals surface area contributed by atoms with Crippen LogP contribution < -0.4 is 5.73 Å². The molecular weight excluding hydrogens is 162 g/mol. The summed E-state index contributed by atoms with van der Waals surface area (Å²) in [6.45, 7) is 5.56. The molecule has 0 fully saturated rings. The molecule has 1 aromatic heterocycles. The van der Waals surface area contributed by atoms with Gasteiger partial charge in [-0.05, 0) is 18.6 Å². The molecule has 0 amide bonds. The quantitative estimate of drug-likeness (QED) is 0.697. The Morgan fingerprint density at radius 1 is 1.64 bits per heavy atom. The molecule has 2 N–H and O–H groups in total. The lowest BCUT2D eigenvalue weighted by atomic mass is 10.1. The van der Waals surface area contributed by atoms with Gasteiger partial charge < -0.3 is 5.73 Å². The number of nitrogens with zero attached hydrogens (tertiary/aromatic N) is 2. The maximum absolute atomic E-state index is 5.59. The van der Waals surface area contributed by atoms with Gasteiger partial charge >= 0.3 is 0 Å². The largest absolute Gasteiger partial charge is 0.382 e. The monoisotopic (exact) mass is 169 g/mol. The van der Waals surface area contributed by atoms with Crippen molar-refractivity contribution in [2.24, 2.45) is 0 Å². The van der Waals surface area contributed by atoms with E-state index >= 15 is 0 Å². The third-order valence-electron chi connectivity index (χ3n) is 1.25. The smallest absolute Gasteiger partial charge is 0.153 e. The van der Waals surface area contributed by atoms with E-state index in [1.165, 1.54) is 0 Å². The maximum Gasteiger partial charge on any atom is 0.153 e. The Labute approximate surface area is 69.9 Å². The van der Waals surface area contributed by atoms with Crippen molar-refractivity contribution in [1.82, 2.24) is 10.2 Å². The van der Waals surface area contributed by atoms with Gasteiger partial charge in [-0.15, -0.1) is 10.2 Å². The fourth-order valence-corrected chi connectivity index (χ4v) is 0.866. The van der Waals surface area contributed by atoms with Crippen molar-refractivity contribution in [2.75, 3.05) is 5.73 Å². The summed E-state index contributed by atoms with van der Waals surface area (Å²) in [5.74, 6) is 0.363. The highest BCUT2D eigenvalue weighted by molar-refractivity contribution is 6.29. The lowest BCUT2D eigenvalue weighted by molar-refractivity contribution is 1.04. The molecule has 3 nitrogen and oxygen atoms in total. The molecule has 0 aliphatic heterocycles. The zero-order chi connectivity index (χ0) is 8.43. The van der Waals surface area contributed by atoms with Gasteiger partial charge in [-0.3, -0.25) is 0 Å². The molecule has 0 saturated heterocycles. The molecule has 0 aromatic carbocycles. The Morgan fingerprint density at radius 3 is 2.73 bits per heavy atom. The number of allylic oxidation sites excluding steroid dienone is 1. The lowest BCUT2D eigenvalue weighted by Crippen LogP contribution is -1.97. The molecule has 0 aliphatic rings. The second-order valence-corrected chi connectivity index (χ2v) is 2.63. The Balaban J connectivity index is 3.23. The van der Waals surface area contributed by atoms with Gasteiger partial charge in [-0.25, -0.2) is 0 Å². The molecule has 4 heteroatoms. The molecule has 0 bridgehead atoms. The Kier molecular flexibility index (Phi) is 2.10. The fraction of sp³-hybridized carbons (Fsp3) is 0.143. The molecule has 0 aliphatic carbocycles. The molecule has 0 saturated carbocycles. The van der Waals surface area contributed by atoms with Gasteiger partial charge in [-0.1, -0.05) is 18.2 Å². The van der Waals surface area contributed by atoms with Crippen LogP contribution in [0, 0.1) is 0 Å². The highest BCUT2D eigenvalue weighted by Crippen LogP contribution is 2.18. The van der Waals surface area contributed by atoms with Crippen LogP contribution in [0.25, 0.3) is 5.57 Å². The van der Waals surface area contributed by atoms with Crippen molar-refractivity contribution in [3.05, 3.63) is 23.4 Å². The van der Waals surface area contributed by atoms with E-state index in [9.17, 15) is 0 Å². The fourth-order valence-electron chi connectivity index (χ4n) is 0.719. The highest BCUT2D eigenvalue weighted by atomic mass is 35.5. The van der Waals surface area contributed by atoms with Crippen LogP contribution in [0.3, 0.4) is 0 Å². The normalized spacial score (nSPS) is 9.64. The summed E-state index contributed by atoms with van der Waals surface area (Å²) in [6.07, 6.45) is 0. The molecule has 0 radical (unpaired) electrons. The van der Waals surface area contributed by atoms with Gasteiger partial charge in [0.2, 0.25) is 0 Å². The zero-order valence-corrected chi connectivity index (χ0v) is 6.89. The first-order valence-electron chi connectivity index (χ1n) is 3.06. The van der Waals surface area contributed by atoms with E-state index in [-0.39, 0.29) is 0 Å². The average molecular weight is 170 g/mol. The minimum absolute atomic E-state index is 0.331. The summed E-state index contributed by atoms with van der Waals surface area (Å²) in [6, 6.07) is 1.65. The van der Waals surface area contributed by atoms with E-state index in [0.29, 0.717) is 11.0 Å². The molecular formula is C7H8ClN3. The SMILES string of the molecule is C=C(C)c1cc(Cl)nnc1N. The molecule has 0 spiro atoms. The number of hydrogen-bond acceptors (Lipinski definition) is 3. The van der Waals surface area contributed by atoms with Gasteiger partial charge in [0.05, 0.1) is 0 Å². The minimum Gasteiger partial charge on any atom is -0.382 e. The molecule has 11 heavy (non-hydrogen) atoms. The van der Waals surface area contributed by atoms with E-state index in [0.717, 1.165) is 11.1 Å². The van der Waals surface area contributed by atoms with Crippen LogP contribution in [0.4, 0.5) is 5.82 Å². The van der Waals surface area contributed by atoms with E-state index < -0.39 is 0 Å². The van der Waals surface area contributed by atoms with Crippen LogP contribution in [0.2, 0.25) is 5.15 Å². The lowest BCUT2D eigenvalue weighted by Gasteiger charge is -2.01. The zero-order valence-electron chi connectivity index (χ0n) is 6.13. The summed E-state index contributed by atoms with van der Waals surface area (Å²) in [7, 11) is 0. The van der Waals surface area contributed by atoms with Crippen molar-refractivity contribution >= 4 is 23.0 Å². The summed E-state index contributed by atoms with van der Waals surface area (Å²) < 4.78 is 0. The standard InChI is InChI=1S/C7H8ClN3/c1-4(2)5-3-6(8)10-11-7(5)9/h3H,1H2,2H3,(H2,9,11). The van der Waals surface area contributed by atoms with Crippen LogP contribution >= 0.6 is 11.6 Å². The number of halogens is 1. The maximum atomic E-state index is 5.59. The molecule has 58 valence electrons. The molecule has 1 rings (SSSR count). The predicted molar refractivity (Wildman–Crippen MR) is 46.2 cm³/mol. The van der Waals surface area contributed by atoms with Gasteiger partial charge in [0.15, 0.2) is 11.0 Å². The number of hydrogen-bond donors (Lipinski definition) is 1. The third kappa shape index (κ3) is 1.68. The minimum atomic E-state index is 0.331. The first kappa shape index (κ1) is 8.01. The van der Waals surface area contributed by atoms with Gasteiger partial charge in [0.1, 0.15) is 0 Å². The number of anilines is 1. The van der Waals surface area contributed by atoms with Gasteiger partial charge in [0, 0.05) is 5.56 Å². The second kappa shape index (κ2) is 2.88. The van der Waals surface area contributed by atoms with Crippen molar-refractivity contribution in [2.45, 2.75) is 6.92 Å². The van der Waals surface area contributed by atoms with Crippen molar-refractivity contribution in [3.8, 4) is 0 Å². The summed E-state index contributed by atoms with van der Waals surface area (Å²) in [5, 5.41) is 7.54. The molecule has 0 atom stereocenters. The van der Waals surface area contributed by atoms with Crippen LogP contribution in [-0.4, -0.2) is 10.2 Å². The summed E-state index contributed by atoms with van der Waals surface area (Å²) >= 11 is 5.59. The number of nitrogens with two attached hydrogens (primary N) is 1. The van der Waals surface area contributed by atoms with Crippen LogP contribution in [0.1, 0.15) is 12.5 Å². The first-order chi connectivity index (χ1) is 5.11. The van der Waals surface area contributed by atoms with Crippen molar-refractivity contribution in [3.63, 3.8) is 0 Å². The van der Waals surface area contributed by atoms with Gasteiger partial charge in [0.25, 0.3) is 0 Å². The molecule has 1 aromatic rings. The first-order valence-corrected chi connectivity index (χ1v) is 3.43. The van der Waals surface area contributed by atoms with E-state index in [1.54, 1.807) is 6.07 Å². The number of rotatable bonds is 1. The average Bonchev–Trinajstić information content (AvgIpc) is 1.94. The Hall–Kier alpha value is -1.09. The van der Waals surface area contributed by atoms with Crippen molar-refractivity contribution in [1.29, 1.82) is 0 Å². The van der Waals surface area contributed by atoms with Gasteiger partial charge in [-0.2, -0.15) is 0 Å². The van der Waals surface area contributed by atoms with Crippen LogP contribution in [-0.2, 0) is 0 Å².